The molecule has 2 aromatic rings. The van der Waals surface area contributed by atoms with Crippen LogP contribution in [0.1, 0.15) is 31.3 Å². The molecule has 126 valence electrons. The van der Waals surface area contributed by atoms with Crippen LogP contribution in [-0.4, -0.2) is 33.0 Å². The molecule has 2 aromatic heterocycles. The number of allylic oxidation sites excluding steroid dienone is 1. The van der Waals surface area contributed by atoms with Gasteiger partial charge in [-0.25, -0.2) is 4.79 Å². The molecule has 6 nitrogen and oxygen atoms in total. The van der Waals surface area contributed by atoms with Crippen molar-refractivity contribution in [1.29, 1.82) is 0 Å². The van der Waals surface area contributed by atoms with Crippen LogP contribution in [0.2, 0.25) is 0 Å². The summed E-state index contributed by atoms with van der Waals surface area (Å²) in [6, 6.07) is 4.27. The Kier molecular flexibility index (Phi) is 5.18. The highest BCUT2D eigenvalue weighted by molar-refractivity contribution is 5.96. The number of nitrogens with zero attached hydrogens (tertiary/aromatic N) is 1. The summed E-state index contributed by atoms with van der Waals surface area (Å²) in [5.74, 6) is -1.58. The predicted molar refractivity (Wildman–Crippen MR) is 91.5 cm³/mol. The zero-order valence-corrected chi connectivity index (χ0v) is 13.9. The molecule has 0 bridgehead atoms. The van der Waals surface area contributed by atoms with Gasteiger partial charge in [-0.1, -0.05) is 39.0 Å². The summed E-state index contributed by atoms with van der Waals surface area (Å²) >= 11 is 0. The number of aromatic amines is 1. The van der Waals surface area contributed by atoms with Crippen molar-refractivity contribution in [2.45, 2.75) is 26.8 Å². The van der Waals surface area contributed by atoms with E-state index in [1.807, 2.05) is 26.8 Å². The SMILES string of the molecule is CC(C)(C)/C=C/C(NC(=O)c1cc(-c2cccnc2)c[nH]1)C(=O)O. The Morgan fingerprint density at radius 1 is 1.33 bits per heavy atom. The fourth-order valence-electron chi connectivity index (χ4n) is 2.02. The average molecular weight is 327 g/mol. The quantitative estimate of drug-likeness (QED) is 0.736. The van der Waals surface area contributed by atoms with Gasteiger partial charge in [-0.15, -0.1) is 0 Å². The van der Waals surface area contributed by atoms with Crippen molar-refractivity contribution < 1.29 is 14.7 Å². The fourth-order valence-corrected chi connectivity index (χ4v) is 2.02. The first-order chi connectivity index (χ1) is 11.3. The number of carbonyl (C=O) groups excluding carboxylic acids is 1. The number of carboxylic acids is 1. The van der Waals surface area contributed by atoms with E-state index in [4.69, 9.17) is 0 Å². The van der Waals surface area contributed by atoms with Crippen LogP contribution < -0.4 is 5.32 Å². The lowest BCUT2D eigenvalue weighted by Crippen LogP contribution is -2.39. The smallest absolute Gasteiger partial charge is 0.330 e. The van der Waals surface area contributed by atoms with Crippen molar-refractivity contribution in [3.8, 4) is 11.1 Å². The van der Waals surface area contributed by atoms with E-state index in [9.17, 15) is 14.7 Å². The average Bonchev–Trinajstić information content (AvgIpc) is 3.01. The van der Waals surface area contributed by atoms with E-state index >= 15 is 0 Å². The van der Waals surface area contributed by atoms with Crippen molar-refractivity contribution >= 4 is 11.9 Å². The number of aliphatic carboxylic acids is 1. The first-order valence-electron chi connectivity index (χ1n) is 7.58. The van der Waals surface area contributed by atoms with Crippen LogP contribution in [0.25, 0.3) is 11.1 Å². The predicted octanol–water partition coefficient (Wildman–Crippen LogP) is 2.86. The monoisotopic (exact) mass is 327 g/mol. The number of aromatic nitrogens is 2. The maximum absolute atomic E-state index is 12.3. The van der Waals surface area contributed by atoms with Gasteiger partial charge in [0.15, 0.2) is 0 Å². The number of hydrogen-bond donors (Lipinski definition) is 3. The highest BCUT2D eigenvalue weighted by Crippen LogP contribution is 2.19. The van der Waals surface area contributed by atoms with Crippen LogP contribution in [0.3, 0.4) is 0 Å². The number of nitrogens with one attached hydrogen (secondary N) is 2. The molecule has 0 saturated heterocycles. The Balaban J connectivity index is 2.12. The molecule has 24 heavy (non-hydrogen) atoms. The van der Waals surface area contributed by atoms with Gasteiger partial charge in [-0.05, 0) is 17.5 Å². The number of amides is 1. The van der Waals surface area contributed by atoms with Crippen molar-refractivity contribution in [2.24, 2.45) is 5.41 Å². The summed E-state index contributed by atoms with van der Waals surface area (Å²) in [6.45, 7) is 5.86. The summed E-state index contributed by atoms with van der Waals surface area (Å²) in [7, 11) is 0. The van der Waals surface area contributed by atoms with Crippen LogP contribution in [0.5, 0.6) is 0 Å². The lowest BCUT2D eigenvalue weighted by atomic mass is 9.95. The number of H-pyrrole nitrogens is 1. The van der Waals surface area contributed by atoms with Crippen molar-refractivity contribution in [3.05, 3.63) is 54.6 Å². The van der Waals surface area contributed by atoms with Crippen LogP contribution in [0.4, 0.5) is 0 Å². The summed E-state index contributed by atoms with van der Waals surface area (Å²) in [4.78, 5) is 30.5. The van der Waals surface area contributed by atoms with Crippen molar-refractivity contribution in [1.82, 2.24) is 15.3 Å². The number of pyridine rings is 1. The van der Waals surface area contributed by atoms with E-state index in [-0.39, 0.29) is 5.41 Å². The molecule has 0 spiro atoms. The molecule has 1 unspecified atom stereocenters. The van der Waals surface area contributed by atoms with Gasteiger partial charge < -0.3 is 15.4 Å². The molecular weight excluding hydrogens is 306 g/mol. The number of hydrogen-bond acceptors (Lipinski definition) is 3. The second-order valence-corrected chi connectivity index (χ2v) is 6.56. The molecule has 0 aromatic carbocycles. The molecule has 2 heterocycles. The number of carbonyl (C=O) groups is 2. The van der Waals surface area contributed by atoms with Crippen molar-refractivity contribution in [3.63, 3.8) is 0 Å². The van der Waals surface area contributed by atoms with Gasteiger partial charge in [-0.3, -0.25) is 9.78 Å². The second kappa shape index (κ2) is 7.12. The lowest BCUT2D eigenvalue weighted by Gasteiger charge is -2.14. The van der Waals surface area contributed by atoms with Crippen LogP contribution in [-0.2, 0) is 4.79 Å². The minimum atomic E-state index is -1.11. The Morgan fingerprint density at radius 3 is 2.67 bits per heavy atom. The highest BCUT2D eigenvalue weighted by atomic mass is 16.4. The minimum Gasteiger partial charge on any atom is -0.479 e. The van der Waals surface area contributed by atoms with Crippen LogP contribution >= 0.6 is 0 Å². The van der Waals surface area contributed by atoms with Gasteiger partial charge in [0.2, 0.25) is 0 Å². The van der Waals surface area contributed by atoms with Gasteiger partial charge in [0, 0.05) is 29.7 Å². The normalized spacial score (nSPS) is 13.0. The third kappa shape index (κ3) is 4.81. The number of rotatable bonds is 5. The molecule has 1 atom stereocenters. The van der Waals surface area contributed by atoms with Gasteiger partial charge in [0.05, 0.1) is 0 Å². The summed E-state index contributed by atoms with van der Waals surface area (Å²) in [6.07, 6.45) is 8.31. The van der Waals surface area contributed by atoms with Gasteiger partial charge in [-0.2, -0.15) is 0 Å². The third-order valence-corrected chi connectivity index (χ3v) is 3.26. The van der Waals surface area contributed by atoms with Crippen LogP contribution in [0, 0.1) is 5.41 Å². The molecule has 0 aliphatic carbocycles. The summed E-state index contributed by atoms with van der Waals surface area (Å²) in [5.41, 5.74) is 1.81. The van der Waals surface area contributed by atoms with E-state index in [0.717, 1.165) is 11.1 Å². The Hall–Kier alpha value is -2.89. The standard InChI is InChI=1S/C18H21N3O3/c1-18(2,3)7-6-14(17(23)24)21-16(22)15-9-13(11-20-15)12-5-4-8-19-10-12/h4-11,14,20H,1-3H3,(H,21,22)(H,23,24)/b7-6+. The molecule has 0 aliphatic heterocycles. The Bertz CT molecular complexity index is 742. The molecule has 2 rings (SSSR count). The van der Waals surface area contributed by atoms with E-state index in [0.29, 0.717) is 5.69 Å². The van der Waals surface area contributed by atoms with E-state index in [1.54, 1.807) is 36.8 Å². The molecule has 1 amide bonds. The summed E-state index contributed by atoms with van der Waals surface area (Å²) in [5, 5.41) is 11.8. The van der Waals surface area contributed by atoms with Gasteiger partial charge in [0.1, 0.15) is 11.7 Å². The van der Waals surface area contributed by atoms with Gasteiger partial charge in [0.25, 0.3) is 5.91 Å². The second-order valence-electron chi connectivity index (χ2n) is 6.56. The first-order valence-corrected chi connectivity index (χ1v) is 7.58. The zero-order valence-electron chi connectivity index (χ0n) is 13.9. The fraction of sp³-hybridized carbons (Fsp3) is 0.278. The largest absolute Gasteiger partial charge is 0.479 e. The topological polar surface area (TPSA) is 95.1 Å². The zero-order chi connectivity index (χ0) is 17.7. The van der Waals surface area contributed by atoms with Crippen molar-refractivity contribution in [2.75, 3.05) is 0 Å². The first kappa shape index (κ1) is 17.5. The number of carboxylic acid groups (broad SMARTS) is 1. The summed E-state index contributed by atoms with van der Waals surface area (Å²) < 4.78 is 0. The third-order valence-electron chi connectivity index (χ3n) is 3.26. The minimum absolute atomic E-state index is 0.168. The maximum Gasteiger partial charge on any atom is 0.330 e. The maximum atomic E-state index is 12.3. The van der Waals surface area contributed by atoms with E-state index < -0.39 is 17.9 Å². The molecule has 0 fully saturated rings. The van der Waals surface area contributed by atoms with E-state index in [1.165, 1.54) is 6.08 Å². The molecule has 6 heteroatoms. The highest BCUT2D eigenvalue weighted by Gasteiger charge is 2.20. The van der Waals surface area contributed by atoms with Crippen LogP contribution in [0.15, 0.2) is 48.9 Å². The Labute approximate surface area is 140 Å². The molecular formula is C18H21N3O3. The van der Waals surface area contributed by atoms with E-state index in [2.05, 4.69) is 15.3 Å². The molecule has 0 saturated carbocycles. The molecule has 0 radical (unpaired) electrons. The van der Waals surface area contributed by atoms with Gasteiger partial charge >= 0.3 is 5.97 Å². The lowest BCUT2D eigenvalue weighted by molar-refractivity contribution is -0.137. The molecule has 3 N–H and O–H groups in total. The Morgan fingerprint density at radius 2 is 2.08 bits per heavy atom. The molecule has 0 aliphatic rings.